The second-order valence-corrected chi connectivity index (χ2v) is 7.09. The summed E-state index contributed by atoms with van der Waals surface area (Å²) in [4.78, 5) is 4.95. The molecule has 2 aromatic carbocycles. The molecule has 148 valence electrons. The monoisotopic (exact) mass is 387 g/mol. The van der Waals surface area contributed by atoms with Gasteiger partial charge >= 0.3 is 0 Å². The van der Waals surface area contributed by atoms with E-state index in [4.69, 9.17) is 14.5 Å². The fourth-order valence-corrected chi connectivity index (χ4v) is 3.66. The van der Waals surface area contributed by atoms with Crippen LogP contribution < -0.4 is 14.8 Å². The SMILES string of the molecule is COc1ccc(-c2nc3cc(C)cc(C)n3c2NCc2ccccc2)cc1OC. The van der Waals surface area contributed by atoms with Crippen LogP contribution in [0.5, 0.6) is 11.5 Å². The van der Waals surface area contributed by atoms with E-state index in [1.54, 1.807) is 14.2 Å². The lowest BCUT2D eigenvalue weighted by atomic mass is 10.1. The van der Waals surface area contributed by atoms with Crippen molar-refractivity contribution >= 4 is 11.5 Å². The zero-order valence-corrected chi connectivity index (χ0v) is 17.2. The van der Waals surface area contributed by atoms with Gasteiger partial charge in [0.25, 0.3) is 0 Å². The molecule has 0 bridgehead atoms. The van der Waals surface area contributed by atoms with Gasteiger partial charge in [-0.3, -0.25) is 4.40 Å². The number of benzene rings is 2. The van der Waals surface area contributed by atoms with Crippen molar-refractivity contribution in [2.24, 2.45) is 0 Å². The smallest absolute Gasteiger partial charge is 0.161 e. The fourth-order valence-electron chi connectivity index (χ4n) is 3.66. The Morgan fingerprint density at radius 2 is 1.66 bits per heavy atom. The summed E-state index contributed by atoms with van der Waals surface area (Å²) in [5, 5.41) is 3.61. The summed E-state index contributed by atoms with van der Waals surface area (Å²) in [6.07, 6.45) is 0. The highest BCUT2D eigenvalue weighted by Gasteiger charge is 2.17. The number of pyridine rings is 1. The molecule has 0 spiro atoms. The summed E-state index contributed by atoms with van der Waals surface area (Å²) in [6, 6.07) is 20.5. The predicted octanol–water partition coefficient (Wildman–Crippen LogP) is 5.25. The molecule has 0 radical (unpaired) electrons. The van der Waals surface area contributed by atoms with Gasteiger partial charge in [-0.1, -0.05) is 30.3 Å². The summed E-state index contributed by atoms with van der Waals surface area (Å²) in [6.45, 7) is 4.91. The van der Waals surface area contributed by atoms with E-state index >= 15 is 0 Å². The molecule has 0 unspecified atom stereocenters. The standard InChI is InChI=1S/C24H25N3O2/c1-16-12-17(2)27-22(13-16)26-23(19-10-11-20(28-3)21(14-19)29-4)24(27)25-15-18-8-6-5-7-9-18/h5-14,25H,15H2,1-4H3. The molecule has 0 amide bonds. The number of fused-ring (bicyclic) bond motifs is 1. The number of methoxy groups -OCH3 is 2. The van der Waals surface area contributed by atoms with Crippen LogP contribution in [0.1, 0.15) is 16.8 Å². The molecular weight excluding hydrogens is 362 g/mol. The largest absolute Gasteiger partial charge is 0.493 e. The Balaban J connectivity index is 1.85. The first-order valence-electron chi connectivity index (χ1n) is 9.60. The van der Waals surface area contributed by atoms with Gasteiger partial charge in [-0.25, -0.2) is 4.98 Å². The number of anilines is 1. The first-order chi connectivity index (χ1) is 14.1. The Labute approximate surface area is 170 Å². The summed E-state index contributed by atoms with van der Waals surface area (Å²) >= 11 is 0. The minimum absolute atomic E-state index is 0.684. The molecule has 2 heterocycles. The number of hydrogen-bond donors (Lipinski definition) is 1. The lowest BCUT2D eigenvalue weighted by molar-refractivity contribution is 0.355. The van der Waals surface area contributed by atoms with Crippen LogP contribution >= 0.6 is 0 Å². The first-order valence-corrected chi connectivity index (χ1v) is 9.60. The van der Waals surface area contributed by atoms with E-state index in [-0.39, 0.29) is 0 Å². The first kappa shape index (κ1) is 18.9. The molecule has 5 heteroatoms. The fraction of sp³-hybridized carbons (Fsp3) is 0.208. The molecule has 1 N–H and O–H groups in total. The number of imidazole rings is 1. The molecule has 0 atom stereocenters. The van der Waals surface area contributed by atoms with Crippen LogP contribution in [0.15, 0.2) is 60.7 Å². The lowest BCUT2D eigenvalue weighted by Crippen LogP contribution is -2.05. The number of nitrogens with zero attached hydrogens (tertiary/aromatic N) is 2. The van der Waals surface area contributed by atoms with Gasteiger partial charge in [-0.05, 0) is 55.3 Å². The normalized spacial score (nSPS) is 10.9. The van der Waals surface area contributed by atoms with Gasteiger partial charge < -0.3 is 14.8 Å². The summed E-state index contributed by atoms with van der Waals surface area (Å²) in [5.74, 6) is 2.35. The maximum Gasteiger partial charge on any atom is 0.161 e. The number of rotatable bonds is 6. The molecule has 0 aliphatic heterocycles. The highest BCUT2D eigenvalue weighted by atomic mass is 16.5. The Kier molecular flexibility index (Phi) is 5.12. The molecule has 0 saturated heterocycles. The van der Waals surface area contributed by atoms with Crippen molar-refractivity contribution in [3.63, 3.8) is 0 Å². The second-order valence-electron chi connectivity index (χ2n) is 7.09. The number of hydrogen-bond acceptors (Lipinski definition) is 4. The van der Waals surface area contributed by atoms with Gasteiger partial charge in [-0.2, -0.15) is 0 Å². The Morgan fingerprint density at radius 3 is 2.38 bits per heavy atom. The average Bonchev–Trinajstić information content (AvgIpc) is 3.11. The van der Waals surface area contributed by atoms with Crippen LogP contribution in [0, 0.1) is 13.8 Å². The summed E-state index contributed by atoms with van der Waals surface area (Å²) in [7, 11) is 3.29. The Bertz CT molecular complexity index is 1150. The molecule has 4 aromatic rings. The van der Waals surface area contributed by atoms with Crippen molar-refractivity contribution < 1.29 is 9.47 Å². The van der Waals surface area contributed by atoms with Gasteiger partial charge in [0.05, 0.1) is 14.2 Å². The van der Waals surface area contributed by atoms with Gasteiger partial charge in [-0.15, -0.1) is 0 Å². The summed E-state index contributed by atoms with van der Waals surface area (Å²) in [5.41, 5.74) is 6.31. The van der Waals surface area contributed by atoms with Gasteiger partial charge in [0.2, 0.25) is 0 Å². The van der Waals surface area contributed by atoms with Crippen LogP contribution in [0.3, 0.4) is 0 Å². The minimum Gasteiger partial charge on any atom is -0.493 e. The second kappa shape index (κ2) is 7.87. The topological polar surface area (TPSA) is 47.8 Å². The van der Waals surface area contributed by atoms with E-state index < -0.39 is 0 Å². The molecule has 29 heavy (non-hydrogen) atoms. The zero-order chi connectivity index (χ0) is 20.4. The predicted molar refractivity (Wildman–Crippen MR) is 117 cm³/mol. The van der Waals surface area contributed by atoms with Gasteiger partial charge in [0, 0.05) is 17.8 Å². The van der Waals surface area contributed by atoms with Crippen molar-refractivity contribution in [2.45, 2.75) is 20.4 Å². The van der Waals surface area contributed by atoms with E-state index in [0.29, 0.717) is 18.0 Å². The highest BCUT2D eigenvalue weighted by molar-refractivity contribution is 5.78. The number of ether oxygens (including phenoxy) is 2. The third kappa shape index (κ3) is 3.63. The molecular formula is C24H25N3O2. The lowest BCUT2D eigenvalue weighted by Gasteiger charge is -2.12. The van der Waals surface area contributed by atoms with E-state index in [1.807, 2.05) is 24.3 Å². The maximum absolute atomic E-state index is 5.50. The third-order valence-electron chi connectivity index (χ3n) is 5.01. The number of nitrogens with one attached hydrogen (secondary N) is 1. The molecule has 5 nitrogen and oxygen atoms in total. The van der Waals surface area contributed by atoms with Crippen molar-refractivity contribution in [3.8, 4) is 22.8 Å². The zero-order valence-electron chi connectivity index (χ0n) is 17.2. The van der Waals surface area contributed by atoms with Crippen molar-refractivity contribution in [3.05, 3.63) is 77.5 Å². The van der Waals surface area contributed by atoms with E-state index in [1.165, 1.54) is 11.1 Å². The van der Waals surface area contributed by atoms with Crippen molar-refractivity contribution in [1.29, 1.82) is 0 Å². The van der Waals surface area contributed by atoms with Crippen LogP contribution in [0.2, 0.25) is 0 Å². The van der Waals surface area contributed by atoms with Crippen LogP contribution in [0.25, 0.3) is 16.9 Å². The quantitative estimate of drug-likeness (QED) is 0.491. The molecule has 4 rings (SSSR count). The van der Waals surface area contributed by atoms with Crippen LogP contribution in [-0.4, -0.2) is 23.6 Å². The van der Waals surface area contributed by atoms with E-state index in [9.17, 15) is 0 Å². The third-order valence-corrected chi connectivity index (χ3v) is 5.01. The molecule has 2 aromatic heterocycles. The van der Waals surface area contributed by atoms with Gasteiger partial charge in [0.15, 0.2) is 11.5 Å². The highest BCUT2D eigenvalue weighted by Crippen LogP contribution is 2.36. The van der Waals surface area contributed by atoms with Crippen LogP contribution in [-0.2, 0) is 6.54 Å². The van der Waals surface area contributed by atoms with Crippen LogP contribution in [0.4, 0.5) is 5.82 Å². The number of aromatic nitrogens is 2. The minimum atomic E-state index is 0.684. The molecule has 0 saturated carbocycles. The molecule has 0 aliphatic carbocycles. The molecule has 0 aliphatic rings. The summed E-state index contributed by atoms with van der Waals surface area (Å²) < 4.78 is 13.1. The van der Waals surface area contributed by atoms with E-state index in [2.05, 4.69) is 60.0 Å². The maximum atomic E-state index is 5.50. The van der Waals surface area contributed by atoms with E-state index in [0.717, 1.165) is 28.4 Å². The van der Waals surface area contributed by atoms with Crippen molar-refractivity contribution in [2.75, 3.05) is 19.5 Å². The van der Waals surface area contributed by atoms with Gasteiger partial charge in [0.1, 0.15) is 17.2 Å². The Morgan fingerprint density at radius 1 is 0.897 bits per heavy atom. The average molecular weight is 387 g/mol. The van der Waals surface area contributed by atoms with Crippen molar-refractivity contribution in [1.82, 2.24) is 9.38 Å². The molecule has 0 fully saturated rings. The number of aryl methyl sites for hydroxylation is 2. The Hall–Kier alpha value is -3.47.